The lowest BCUT2D eigenvalue weighted by Crippen LogP contribution is -2.12. The van der Waals surface area contributed by atoms with E-state index in [1.54, 1.807) is 19.1 Å². The highest BCUT2D eigenvalue weighted by molar-refractivity contribution is 7.18. The van der Waals surface area contributed by atoms with Crippen molar-refractivity contribution in [3.8, 4) is 6.07 Å². The third-order valence-electron chi connectivity index (χ3n) is 4.51. The average Bonchev–Trinajstić information content (AvgIpc) is 3.20. The number of H-pyrrole nitrogens is 1. The highest BCUT2D eigenvalue weighted by atomic mass is 32.1. The van der Waals surface area contributed by atoms with Crippen LogP contribution in [-0.4, -0.2) is 15.8 Å². The summed E-state index contributed by atoms with van der Waals surface area (Å²) < 4.78 is 39.3. The Kier molecular flexibility index (Phi) is 4.20. The minimum absolute atomic E-state index is 0.124. The number of hydrogen-bond acceptors (Lipinski definition) is 4. The zero-order valence-corrected chi connectivity index (χ0v) is 15.3. The van der Waals surface area contributed by atoms with E-state index in [9.17, 15) is 23.2 Å². The Labute approximate surface area is 161 Å². The molecule has 28 heavy (non-hydrogen) atoms. The van der Waals surface area contributed by atoms with Crippen LogP contribution in [0.25, 0.3) is 21.1 Å². The van der Waals surface area contributed by atoms with Gasteiger partial charge < -0.3 is 4.98 Å². The molecule has 140 valence electrons. The molecule has 1 N–H and O–H groups in total. The summed E-state index contributed by atoms with van der Waals surface area (Å²) in [6.07, 6.45) is -4.48. The van der Waals surface area contributed by atoms with E-state index in [1.165, 1.54) is 6.07 Å². The maximum absolute atomic E-state index is 13.1. The fraction of sp³-hybridized carbons (Fsp3) is 0.150. The SMILES string of the molecule is Cc1[nH]c2ccccc2c1C(=O)[C@H](C#N)c1nc2cc(C(F)(F)F)ccc2s1. The van der Waals surface area contributed by atoms with Gasteiger partial charge in [-0.2, -0.15) is 18.4 Å². The zero-order chi connectivity index (χ0) is 20.1. The lowest BCUT2D eigenvalue weighted by Gasteiger charge is -2.05. The zero-order valence-electron chi connectivity index (χ0n) is 14.5. The molecule has 1 atom stereocenters. The number of benzene rings is 2. The van der Waals surface area contributed by atoms with E-state index in [4.69, 9.17) is 0 Å². The van der Waals surface area contributed by atoms with Crippen LogP contribution in [0.5, 0.6) is 0 Å². The Morgan fingerprint density at radius 1 is 1.25 bits per heavy atom. The fourth-order valence-electron chi connectivity index (χ4n) is 3.21. The van der Waals surface area contributed by atoms with Gasteiger partial charge in [0.1, 0.15) is 5.01 Å². The first-order valence-corrected chi connectivity index (χ1v) is 9.10. The summed E-state index contributed by atoms with van der Waals surface area (Å²) in [6, 6.07) is 12.4. The second-order valence-corrected chi connectivity index (χ2v) is 7.39. The Bertz CT molecular complexity index is 1260. The molecule has 4 nitrogen and oxygen atoms in total. The van der Waals surface area contributed by atoms with E-state index in [-0.39, 0.29) is 10.5 Å². The number of nitriles is 1. The van der Waals surface area contributed by atoms with E-state index >= 15 is 0 Å². The molecule has 0 aliphatic rings. The molecule has 2 heterocycles. The maximum atomic E-state index is 13.1. The van der Waals surface area contributed by atoms with Crippen LogP contribution in [0.2, 0.25) is 0 Å². The quantitative estimate of drug-likeness (QED) is 0.456. The number of thiazole rings is 1. The molecular formula is C20H12F3N3OS. The largest absolute Gasteiger partial charge is 0.416 e. The number of nitrogens with zero attached hydrogens (tertiary/aromatic N) is 2. The molecule has 0 saturated carbocycles. The van der Waals surface area contributed by atoms with Crippen LogP contribution in [0.4, 0.5) is 13.2 Å². The van der Waals surface area contributed by atoms with E-state index in [2.05, 4.69) is 9.97 Å². The molecule has 0 saturated heterocycles. The van der Waals surface area contributed by atoms with Gasteiger partial charge in [0.05, 0.1) is 21.8 Å². The predicted octanol–water partition coefficient (Wildman–Crippen LogP) is 5.59. The lowest BCUT2D eigenvalue weighted by atomic mass is 9.97. The molecule has 4 aromatic rings. The van der Waals surface area contributed by atoms with Gasteiger partial charge in [-0.1, -0.05) is 18.2 Å². The van der Waals surface area contributed by atoms with Gasteiger partial charge in [0, 0.05) is 22.2 Å². The normalized spacial score (nSPS) is 13.0. The van der Waals surface area contributed by atoms with Gasteiger partial charge in [0.25, 0.3) is 0 Å². The third kappa shape index (κ3) is 2.94. The summed E-state index contributed by atoms with van der Waals surface area (Å²) in [4.78, 5) is 20.4. The maximum Gasteiger partial charge on any atom is 0.416 e. The average molecular weight is 399 g/mol. The van der Waals surface area contributed by atoms with Crippen molar-refractivity contribution in [1.82, 2.24) is 9.97 Å². The predicted molar refractivity (Wildman–Crippen MR) is 100 cm³/mol. The molecule has 0 aliphatic heterocycles. The van der Waals surface area contributed by atoms with Gasteiger partial charge in [0.15, 0.2) is 11.7 Å². The molecule has 0 spiro atoms. The van der Waals surface area contributed by atoms with Crippen molar-refractivity contribution in [2.75, 3.05) is 0 Å². The van der Waals surface area contributed by atoms with Crippen molar-refractivity contribution < 1.29 is 18.0 Å². The van der Waals surface area contributed by atoms with Gasteiger partial charge in [-0.3, -0.25) is 4.79 Å². The number of para-hydroxylation sites is 1. The van der Waals surface area contributed by atoms with Crippen molar-refractivity contribution in [2.45, 2.75) is 19.0 Å². The Balaban J connectivity index is 1.79. The van der Waals surface area contributed by atoms with Crippen molar-refractivity contribution in [2.24, 2.45) is 0 Å². The number of aryl methyl sites for hydroxylation is 1. The summed E-state index contributed by atoms with van der Waals surface area (Å²) >= 11 is 1.05. The summed E-state index contributed by atoms with van der Waals surface area (Å²) in [5.74, 6) is -1.61. The molecule has 2 aromatic heterocycles. The number of carbonyl (C=O) groups excluding carboxylic acids is 1. The monoisotopic (exact) mass is 399 g/mol. The molecule has 0 fully saturated rings. The van der Waals surface area contributed by atoms with Crippen LogP contribution >= 0.6 is 11.3 Å². The number of Topliss-reactive ketones (excluding diaryl/α,β-unsaturated/α-hetero) is 1. The van der Waals surface area contributed by atoms with Crippen LogP contribution in [0, 0.1) is 18.3 Å². The van der Waals surface area contributed by atoms with Gasteiger partial charge in [0.2, 0.25) is 0 Å². The number of halogens is 3. The number of nitrogens with one attached hydrogen (secondary N) is 1. The standard InChI is InChI=1S/C20H12F3N3OS/c1-10-17(12-4-2-3-5-14(12)25-10)18(27)13(9-24)19-26-15-8-11(20(21,22)23)6-7-16(15)28-19/h2-8,13,25H,1H3/t13-/m0/s1. The number of carbonyl (C=O) groups is 1. The van der Waals surface area contributed by atoms with Crippen molar-refractivity contribution in [1.29, 1.82) is 5.26 Å². The minimum atomic E-state index is -4.48. The molecular weight excluding hydrogens is 387 g/mol. The molecule has 0 bridgehead atoms. The Morgan fingerprint density at radius 2 is 2.00 bits per heavy atom. The molecule has 0 aliphatic carbocycles. The first-order valence-electron chi connectivity index (χ1n) is 8.28. The summed E-state index contributed by atoms with van der Waals surface area (Å²) in [5.41, 5.74) is 1.12. The number of alkyl halides is 3. The topological polar surface area (TPSA) is 69.5 Å². The second kappa shape index (κ2) is 6.46. The summed E-state index contributed by atoms with van der Waals surface area (Å²) in [7, 11) is 0. The second-order valence-electron chi connectivity index (χ2n) is 6.33. The Morgan fingerprint density at radius 3 is 2.71 bits per heavy atom. The van der Waals surface area contributed by atoms with Gasteiger partial charge in [-0.25, -0.2) is 4.98 Å². The van der Waals surface area contributed by atoms with Crippen LogP contribution in [0.15, 0.2) is 42.5 Å². The van der Waals surface area contributed by atoms with E-state index < -0.39 is 23.4 Å². The molecule has 0 radical (unpaired) electrons. The minimum Gasteiger partial charge on any atom is -0.358 e. The smallest absolute Gasteiger partial charge is 0.358 e. The van der Waals surface area contributed by atoms with E-state index in [1.807, 2.05) is 18.2 Å². The van der Waals surface area contributed by atoms with Crippen molar-refractivity contribution >= 4 is 38.2 Å². The third-order valence-corrected chi connectivity index (χ3v) is 5.61. The lowest BCUT2D eigenvalue weighted by molar-refractivity contribution is -0.137. The van der Waals surface area contributed by atoms with Crippen LogP contribution in [-0.2, 0) is 6.18 Å². The highest BCUT2D eigenvalue weighted by Gasteiger charge is 2.32. The van der Waals surface area contributed by atoms with Gasteiger partial charge in [-0.05, 0) is 31.2 Å². The molecule has 8 heteroatoms. The number of ketones is 1. The van der Waals surface area contributed by atoms with Gasteiger partial charge in [-0.15, -0.1) is 11.3 Å². The number of hydrogen-bond donors (Lipinski definition) is 1. The van der Waals surface area contributed by atoms with E-state index in [0.717, 1.165) is 29.0 Å². The molecule has 0 amide bonds. The van der Waals surface area contributed by atoms with Crippen LogP contribution in [0.1, 0.15) is 32.5 Å². The number of aromatic amines is 1. The molecule has 4 rings (SSSR count). The number of fused-ring (bicyclic) bond motifs is 2. The number of aromatic nitrogens is 2. The molecule has 0 unspecified atom stereocenters. The summed E-state index contributed by atoms with van der Waals surface area (Å²) in [5, 5.41) is 10.5. The molecule has 2 aromatic carbocycles. The Hall–Kier alpha value is -3.18. The first kappa shape index (κ1) is 18.2. The van der Waals surface area contributed by atoms with Crippen molar-refractivity contribution in [3.05, 3.63) is 64.3 Å². The first-order chi connectivity index (χ1) is 13.3. The highest BCUT2D eigenvalue weighted by Crippen LogP contribution is 2.36. The van der Waals surface area contributed by atoms with Crippen LogP contribution < -0.4 is 0 Å². The van der Waals surface area contributed by atoms with E-state index in [0.29, 0.717) is 21.3 Å². The summed E-state index contributed by atoms with van der Waals surface area (Å²) in [6.45, 7) is 1.75. The fourth-order valence-corrected chi connectivity index (χ4v) is 4.20. The van der Waals surface area contributed by atoms with Crippen molar-refractivity contribution in [3.63, 3.8) is 0 Å². The van der Waals surface area contributed by atoms with Gasteiger partial charge >= 0.3 is 6.18 Å². The number of rotatable bonds is 3. The van der Waals surface area contributed by atoms with Crippen LogP contribution in [0.3, 0.4) is 0 Å².